The number of carbonyl (C=O) groups excluding carboxylic acids is 2. The summed E-state index contributed by atoms with van der Waals surface area (Å²) in [6.07, 6.45) is 1.05. The van der Waals surface area contributed by atoms with Crippen LogP contribution >= 0.6 is 23.1 Å². The van der Waals surface area contributed by atoms with Crippen molar-refractivity contribution in [3.8, 4) is 11.1 Å². The van der Waals surface area contributed by atoms with Gasteiger partial charge in [-0.2, -0.15) is 5.10 Å². The summed E-state index contributed by atoms with van der Waals surface area (Å²) in [6.45, 7) is 3.94. The Morgan fingerprint density at radius 3 is 2.72 bits per heavy atom. The molecule has 0 spiro atoms. The second kappa shape index (κ2) is 9.48. The molecule has 2 N–H and O–H groups in total. The molecule has 10 heteroatoms. The highest BCUT2D eigenvalue weighted by molar-refractivity contribution is 7.99. The summed E-state index contributed by atoms with van der Waals surface area (Å²) >= 11 is 2.29. The van der Waals surface area contributed by atoms with Gasteiger partial charge in [0.1, 0.15) is 16.8 Å². The lowest BCUT2D eigenvalue weighted by Gasteiger charge is -2.09. The number of aromatic amines is 1. The Kier molecular flexibility index (Phi) is 6.78. The van der Waals surface area contributed by atoms with Crippen molar-refractivity contribution in [2.45, 2.75) is 19.0 Å². The Bertz CT molecular complexity index is 1080. The van der Waals surface area contributed by atoms with Gasteiger partial charge in [-0.25, -0.2) is 4.79 Å². The van der Waals surface area contributed by atoms with Crippen molar-refractivity contribution in [3.05, 3.63) is 57.3 Å². The van der Waals surface area contributed by atoms with E-state index in [1.165, 1.54) is 11.3 Å². The molecule has 2 heterocycles. The maximum atomic E-state index is 12.6. The first-order valence-electron chi connectivity index (χ1n) is 8.68. The van der Waals surface area contributed by atoms with E-state index in [9.17, 15) is 14.4 Å². The number of carbonyl (C=O) groups is 2. The molecule has 0 saturated carbocycles. The van der Waals surface area contributed by atoms with E-state index in [4.69, 9.17) is 4.74 Å². The second-order valence-electron chi connectivity index (χ2n) is 5.92. The first-order chi connectivity index (χ1) is 14.0. The molecule has 0 unspecified atom stereocenters. The van der Waals surface area contributed by atoms with Crippen molar-refractivity contribution in [1.29, 1.82) is 0 Å². The molecule has 0 radical (unpaired) electrons. The molecule has 29 heavy (non-hydrogen) atoms. The summed E-state index contributed by atoms with van der Waals surface area (Å²) in [4.78, 5) is 38.7. The molecule has 1 aromatic carbocycles. The van der Waals surface area contributed by atoms with Crippen molar-refractivity contribution >= 4 is 40.0 Å². The fraction of sp³-hybridized carbons (Fsp3) is 0.211. The first-order valence-corrected chi connectivity index (χ1v) is 10.5. The van der Waals surface area contributed by atoms with E-state index in [1.54, 1.807) is 6.92 Å². The second-order valence-corrected chi connectivity index (χ2v) is 7.76. The minimum absolute atomic E-state index is 0.00529. The summed E-state index contributed by atoms with van der Waals surface area (Å²) in [5, 5.41) is 12.5. The highest BCUT2D eigenvalue weighted by Gasteiger charge is 2.22. The predicted molar refractivity (Wildman–Crippen MR) is 112 cm³/mol. The highest BCUT2D eigenvalue weighted by Crippen LogP contribution is 2.36. The summed E-state index contributed by atoms with van der Waals surface area (Å²) in [6, 6.07) is 7.76. The van der Waals surface area contributed by atoms with Crippen LogP contribution in [-0.2, 0) is 9.53 Å². The largest absolute Gasteiger partial charge is 0.462 e. The molecule has 0 saturated heterocycles. The zero-order chi connectivity index (χ0) is 20.8. The quantitative estimate of drug-likeness (QED) is 0.437. The van der Waals surface area contributed by atoms with Gasteiger partial charge in [0.05, 0.1) is 12.4 Å². The Hall–Kier alpha value is -2.98. The van der Waals surface area contributed by atoms with Gasteiger partial charge in [0.2, 0.25) is 5.91 Å². The van der Waals surface area contributed by atoms with E-state index >= 15 is 0 Å². The summed E-state index contributed by atoms with van der Waals surface area (Å²) in [5.41, 5.74) is 2.60. The molecule has 0 aliphatic rings. The third-order valence-electron chi connectivity index (χ3n) is 3.78. The number of rotatable bonds is 7. The van der Waals surface area contributed by atoms with E-state index in [0.29, 0.717) is 16.1 Å². The Morgan fingerprint density at radius 1 is 1.28 bits per heavy atom. The van der Waals surface area contributed by atoms with Gasteiger partial charge in [-0.1, -0.05) is 41.6 Å². The number of aromatic nitrogens is 3. The average Bonchev–Trinajstić information content (AvgIpc) is 3.11. The zero-order valence-corrected chi connectivity index (χ0v) is 17.4. The highest BCUT2D eigenvalue weighted by atomic mass is 32.2. The molecular formula is C19H18N4O4S2. The van der Waals surface area contributed by atoms with Gasteiger partial charge >= 0.3 is 5.97 Å². The minimum atomic E-state index is -0.495. The SMILES string of the molecule is CCOC(=O)c1c(-c2ccc(C)cc2)csc1NC(=O)CSc1nncc(=O)[nH]1. The number of aryl methyl sites for hydroxylation is 1. The Labute approximate surface area is 174 Å². The van der Waals surface area contributed by atoms with Gasteiger partial charge in [-0.05, 0) is 19.4 Å². The number of benzene rings is 1. The van der Waals surface area contributed by atoms with E-state index in [1.807, 2.05) is 36.6 Å². The van der Waals surface area contributed by atoms with E-state index in [-0.39, 0.29) is 23.4 Å². The Balaban J connectivity index is 1.80. The number of hydrogen-bond donors (Lipinski definition) is 2. The number of thiophene rings is 1. The lowest BCUT2D eigenvalue weighted by atomic mass is 10.0. The van der Waals surface area contributed by atoms with Crippen LogP contribution in [-0.4, -0.2) is 39.4 Å². The van der Waals surface area contributed by atoms with Crippen molar-refractivity contribution in [1.82, 2.24) is 15.2 Å². The van der Waals surface area contributed by atoms with E-state index in [2.05, 4.69) is 20.5 Å². The molecule has 8 nitrogen and oxygen atoms in total. The lowest BCUT2D eigenvalue weighted by molar-refractivity contribution is -0.113. The van der Waals surface area contributed by atoms with Gasteiger partial charge in [0, 0.05) is 10.9 Å². The smallest absolute Gasteiger partial charge is 0.341 e. The van der Waals surface area contributed by atoms with E-state index in [0.717, 1.165) is 29.1 Å². The van der Waals surface area contributed by atoms with Crippen molar-refractivity contribution in [2.75, 3.05) is 17.7 Å². The van der Waals surface area contributed by atoms with E-state index < -0.39 is 11.5 Å². The third kappa shape index (κ3) is 5.30. The van der Waals surface area contributed by atoms with Gasteiger partial charge in [-0.3, -0.25) is 14.6 Å². The molecule has 2 aromatic heterocycles. The van der Waals surface area contributed by atoms with Crippen LogP contribution < -0.4 is 10.9 Å². The zero-order valence-electron chi connectivity index (χ0n) is 15.7. The monoisotopic (exact) mass is 430 g/mol. The predicted octanol–water partition coefficient (Wildman–Crippen LogP) is 3.11. The van der Waals surface area contributed by atoms with Crippen molar-refractivity contribution < 1.29 is 14.3 Å². The van der Waals surface area contributed by atoms with Crippen LogP contribution in [0, 0.1) is 6.92 Å². The molecule has 0 aliphatic carbocycles. The fourth-order valence-corrected chi connectivity index (χ4v) is 4.05. The molecule has 150 valence electrons. The molecule has 0 bridgehead atoms. The van der Waals surface area contributed by atoms with Gasteiger partial charge in [-0.15, -0.1) is 16.4 Å². The van der Waals surface area contributed by atoms with Crippen LogP contribution in [0.2, 0.25) is 0 Å². The van der Waals surface area contributed by atoms with Crippen LogP contribution in [0.5, 0.6) is 0 Å². The maximum Gasteiger partial charge on any atom is 0.341 e. The fourth-order valence-electron chi connectivity index (χ4n) is 2.46. The van der Waals surface area contributed by atoms with Crippen LogP contribution in [0.4, 0.5) is 5.00 Å². The maximum absolute atomic E-state index is 12.6. The summed E-state index contributed by atoms with van der Waals surface area (Å²) < 4.78 is 5.19. The minimum Gasteiger partial charge on any atom is -0.462 e. The number of ether oxygens (including phenoxy) is 1. The number of amides is 1. The molecule has 3 aromatic rings. The average molecular weight is 431 g/mol. The number of nitrogens with one attached hydrogen (secondary N) is 2. The van der Waals surface area contributed by atoms with Crippen LogP contribution in [0.15, 0.2) is 45.8 Å². The van der Waals surface area contributed by atoms with Gasteiger partial charge in [0.25, 0.3) is 5.56 Å². The number of anilines is 1. The molecular weight excluding hydrogens is 412 g/mol. The molecule has 0 aliphatic heterocycles. The third-order valence-corrected chi connectivity index (χ3v) is 5.54. The normalized spacial score (nSPS) is 10.6. The van der Waals surface area contributed by atoms with Gasteiger partial charge < -0.3 is 10.1 Å². The van der Waals surface area contributed by atoms with Crippen molar-refractivity contribution in [3.63, 3.8) is 0 Å². The van der Waals surface area contributed by atoms with Crippen LogP contribution in [0.1, 0.15) is 22.8 Å². The summed E-state index contributed by atoms with van der Waals surface area (Å²) in [7, 11) is 0. The number of esters is 1. The standard InChI is InChI=1S/C19H18N4O4S2/c1-3-27-18(26)16-13(12-6-4-11(2)5-7-12)9-28-17(16)21-15(25)10-29-19-22-14(24)8-20-23-19/h4-9H,3,10H2,1-2H3,(H,21,25)(H,22,23,24). The lowest BCUT2D eigenvalue weighted by Crippen LogP contribution is -2.17. The Morgan fingerprint density at radius 2 is 2.03 bits per heavy atom. The summed E-state index contributed by atoms with van der Waals surface area (Å²) in [5.74, 6) is -0.843. The number of thioether (sulfide) groups is 1. The number of H-pyrrole nitrogens is 1. The number of hydrogen-bond acceptors (Lipinski definition) is 8. The molecule has 0 atom stereocenters. The molecule has 0 fully saturated rings. The van der Waals surface area contributed by atoms with Gasteiger partial charge in [0.15, 0.2) is 5.16 Å². The topological polar surface area (TPSA) is 114 Å². The molecule has 1 amide bonds. The number of nitrogens with zero attached hydrogens (tertiary/aromatic N) is 2. The van der Waals surface area contributed by atoms with Crippen molar-refractivity contribution in [2.24, 2.45) is 0 Å². The molecule has 3 rings (SSSR count). The van der Waals surface area contributed by atoms with Crippen LogP contribution in [0.25, 0.3) is 11.1 Å². The van der Waals surface area contributed by atoms with Crippen LogP contribution in [0.3, 0.4) is 0 Å². The first kappa shape index (κ1) is 20.7.